The van der Waals surface area contributed by atoms with E-state index in [0.717, 1.165) is 33.6 Å². The van der Waals surface area contributed by atoms with Crippen LogP contribution < -0.4 is 9.64 Å². The lowest BCUT2D eigenvalue weighted by atomic mass is 9.58. The summed E-state index contributed by atoms with van der Waals surface area (Å²) in [6.45, 7) is 2.31. The number of fused-ring (bicyclic) bond motifs is 3. The van der Waals surface area contributed by atoms with Gasteiger partial charge in [0, 0.05) is 19.2 Å². The molecule has 2 amide bonds. The number of ether oxygens (including phenoxy) is 2. The van der Waals surface area contributed by atoms with Crippen LogP contribution in [0.3, 0.4) is 0 Å². The van der Waals surface area contributed by atoms with E-state index in [1.807, 2.05) is 6.07 Å². The molecule has 2 saturated heterocycles. The van der Waals surface area contributed by atoms with Gasteiger partial charge in [0.25, 0.3) is 5.69 Å². The first-order valence-corrected chi connectivity index (χ1v) is 15.6. The van der Waals surface area contributed by atoms with E-state index in [9.17, 15) is 29.8 Å². The molecule has 2 aromatic carbocycles. The number of nitro groups is 1. The fraction of sp³-hybridized carbons (Fsp3) is 0.419. The van der Waals surface area contributed by atoms with Gasteiger partial charge in [0.05, 0.1) is 45.8 Å². The molecule has 13 heteroatoms. The Hall–Kier alpha value is -3.27. The van der Waals surface area contributed by atoms with E-state index < -0.39 is 47.7 Å². The third-order valence-corrected chi connectivity index (χ3v) is 9.57. The number of anilines is 1. The lowest BCUT2D eigenvalue weighted by Gasteiger charge is -2.43. The number of benzene rings is 2. The minimum atomic E-state index is -1.12. The average Bonchev–Trinajstić information content (AvgIpc) is 3.25. The molecular formula is C31H34BIN2O9. The SMILES string of the molecule is CC/C(=C\c1cc(I)c(O)c(OC)c1)CC[C@H]1OB(O)C[C@H]2C1=C(COC)C[C@H]1C(=O)N(c3cccc([N+](=O)[O-])c3)C(=O)[C@H]12. The maximum absolute atomic E-state index is 13.9. The van der Waals surface area contributed by atoms with Crippen molar-refractivity contribution in [2.24, 2.45) is 17.8 Å². The highest BCUT2D eigenvalue weighted by Gasteiger charge is 2.57. The second-order valence-corrected chi connectivity index (χ2v) is 12.4. The van der Waals surface area contributed by atoms with Crippen LogP contribution in [-0.4, -0.2) is 60.9 Å². The van der Waals surface area contributed by atoms with Crippen LogP contribution in [0.2, 0.25) is 6.32 Å². The largest absolute Gasteiger partial charge is 0.504 e. The number of hydrogen-bond donors (Lipinski definition) is 2. The lowest BCUT2D eigenvalue weighted by Crippen LogP contribution is -2.46. The van der Waals surface area contributed by atoms with E-state index in [0.29, 0.717) is 28.6 Å². The number of non-ortho nitro benzene ring substituents is 1. The maximum atomic E-state index is 13.9. The van der Waals surface area contributed by atoms with Crippen molar-refractivity contribution in [2.45, 2.75) is 45.0 Å². The van der Waals surface area contributed by atoms with Gasteiger partial charge in [-0.2, -0.15) is 0 Å². The van der Waals surface area contributed by atoms with E-state index in [-0.39, 0.29) is 30.1 Å². The van der Waals surface area contributed by atoms with Gasteiger partial charge < -0.3 is 24.3 Å². The maximum Gasteiger partial charge on any atom is 0.455 e. The summed E-state index contributed by atoms with van der Waals surface area (Å²) in [4.78, 5) is 39.5. The summed E-state index contributed by atoms with van der Waals surface area (Å²) in [7, 11) is 1.96. The summed E-state index contributed by atoms with van der Waals surface area (Å²) in [6, 6.07) is 9.19. The number of phenols is 1. The van der Waals surface area contributed by atoms with Crippen LogP contribution in [0.1, 0.15) is 38.2 Å². The normalized spacial score (nSPS) is 23.6. The smallest absolute Gasteiger partial charge is 0.455 e. The summed E-state index contributed by atoms with van der Waals surface area (Å²) >= 11 is 2.06. The summed E-state index contributed by atoms with van der Waals surface area (Å²) in [5.74, 6) is -2.16. The van der Waals surface area contributed by atoms with Crippen LogP contribution in [-0.2, 0) is 19.0 Å². The van der Waals surface area contributed by atoms with Crippen molar-refractivity contribution >= 4 is 59.0 Å². The summed E-state index contributed by atoms with van der Waals surface area (Å²) in [5.41, 5.74) is 3.76. The predicted octanol–water partition coefficient (Wildman–Crippen LogP) is 5.14. The molecule has 44 heavy (non-hydrogen) atoms. The van der Waals surface area contributed by atoms with Crippen LogP contribution in [0.15, 0.2) is 53.1 Å². The zero-order valence-corrected chi connectivity index (χ0v) is 26.9. The van der Waals surface area contributed by atoms with Crippen LogP contribution in [0.4, 0.5) is 11.4 Å². The summed E-state index contributed by atoms with van der Waals surface area (Å²) in [6.07, 6.45) is 3.97. The Morgan fingerprint density at radius 1 is 1.23 bits per heavy atom. The molecule has 0 bridgehead atoms. The van der Waals surface area contributed by atoms with Crippen molar-refractivity contribution < 1.29 is 38.8 Å². The predicted molar refractivity (Wildman–Crippen MR) is 172 cm³/mol. The minimum Gasteiger partial charge on any atom is -0.504 e. The molecule has 2 N–H and O–H groups in total. The Kier molecular flexibility index (Phi) is 9.78. The fourth-order valence-corrected chi connectivity index (χ4v) is 7.43. The molecule has 0 aromatic heterocycles. The monoisotopic (exact) mass is 716 g/mol. The molecule has 0 saturated carbocycles. The van der Waals surface area contributed by atoms with Crippen molar-refractivity contribution in [1.29, 1.82) is 0 Å². The first kappa shape index (κ1) is 32.1. The van der Waals surface area contributed by atoms with Gasteiger partial charge in [-0.15, -0.1) is 0 Å². The molecule has 232 valence electrons. The molecule has 2 aliphatic heterocycles. The van der Waals surface area contributed by atoms with Crippen LogP contribution in [0, 0.1) is 31.4 Å². The highest BCUT2D eigenvalue weighted by atomic mass is 127. The van der Waals surface area contributed by atoms with E-state index >= 15 is 0 Å². The molecule has 0 radical (unpaired) electrons. The van der Waals surface area contributed by atoms with Crippen molar-refractivity contribution in [3.8, 4) is 11.5 Å². The Morgan fingerprint density at radius 3 is 2.68 bits per heavy atom. The van der Waals surface area contributed by atoms with Crippen LogP contribution in [0.25, 0.3) is 6.08 Å². The van der Waals surface area contributed by atoms with Crippen molar-refractivity contribution in [1.82, 2.24) is 0 Å². The zero-order chi connectivity index (χ0) is 31.7. The number of nitrogens with zero attached hydrogens (tertiary/aromatic N) is 2. The highest BCUT2D eigenvalue weighted by molar-refractivity contribution is 14.1. The molecule has 2 fully saturated rings. The van der Waals surface area contributed by atoms with E-state index in [2.05, 4.69) is 35.6 Å². The number of carbonyl (C=O) groups excluding carboxylic acids is 2. The van der Waals surface area contributed by atoms with Gasteiger partial charge in [0.15, 0.2) is 11.5 Å². The number of aromatic hydroxyl groups is 1. The lowest BCUT2D eigenvalue weighted by molar-refractivity contribution is -0.384. The number of methoxy groups -OCH3 is 2. The first-order valence-electron chi connectivity index (χ1n) is 14.5. The second kappa shape index (κ2) is 13.4. The summed E-state index contributed by atoms with van der Waals surface area (Å²) in [5, 5.41) is 32.4. The zero-order valence-electron chi connectivity index (χ0n) is 24.7. The Balaban J connectivity index is 1.44. The highest BCUT2D eigenvalue weighted by Crippen LogP contribution is 2.51. The van der Waals surface area contributed by atoms with Gasteiger partial charge in [0.1, 0.15) is 0 Å². The Morgan fingerprint density at radius 2 is 2.00 bits per heavy atom. The number of phenolic OH excluding ortho intramolecular Hbond substituents is 1. The first-order chi connectivity index (χ1) is 21.1. The number of imide groups is 1. The quantitative estimate of drug-likeness (QED) is 0.0853. The van der Waals surface area contributed by atoms with Gasteiger partial charge in [-0.05, 0) is 95.4 Å². The van der Waals surface area contributed by atoms with Crippen molar-refractivity contribution in [3.05, 3.63) is 72.4 Å². The molecule has 3 aliphatic rings. The van der Waals surface area contributed by atoms with Crippen LogP contribution >= 0.6 is 22.6 Å². The average molecular weight is 716 g/mol. The molecule has 11 nitrogen and oxygen atoms in total. The molecule has 0 unspecified atom stereocenters. The third kappa shape index (κ3) is 6.15. The van der Waals surface area contributed by atoms with Gasteiger partial charge in [-0.1, -0.05) is 24.6 Å². The van der Waals surface area contributed by atoms with Gasteiger partial charge in [-0.25, -0.2) is 4.90 Å². The molecule has 4 atom stereocenters. The second-order valence-electron chi connectivity index (χ2n) is 11.3. The number of nitro benzene ring substituents is 1. The van der Waals surface area contributed by atoms with E-state index in [1.54, 1.807) is 13.2 Å². The number of carbonyl (C=O) groups is 2. The number of rotatable bonds is 10. The topological polar surface area (TPSA) is 149 Å². The number of hydrogen-bond acceptors (Lipinski definition) is 9. The van der Waals surface area contributed by atoms with Crippen LogP contribution in [0.5, 0.6) is 11.5 Å². The van der Waals surface area contributed by atoms with Gasteiger partial charge in [0.2, 0.25) is 11.8 Å². The van der Waals surface area contributed by atoms with E-state index in [4.69, 9.17) is 14.1 Å². The van der Waals surface area contributed by atoms with Gasteiger partial charge in [-0.3, -0.25) is 19.7 Å². The van der Waals surface area contributed by atoms with Crippen molar-refractivity contribution in [3.63, 3.8) is 0 Å². The Bertz CT molecular complexity index is 1540. The van der Waals surface area contributed by atoms with E-state index in [1.165, 1.54) is 31.4 Å². The molecule has 1 aliphatic carbocycles. The molecular weight excluding hydrogens is 682 g/mol. The molecule has 5 rings (SSSR count). The minimum absolute atomic E-state index is 0.0936. The standard InChI is InChI=1S/C31H34BIN2O9/c1-4-17(10-18-11-24(33)29(36)26(12-18)43-3)8-9-25-27-19(16-42-2)13-22-28(23(27)15-32(39)44-25)31(38)34(30(22)37)20-6-5-7-21(14-20)35(40)41/h5-7,10-12,14,22-23,25,28,36,39H,4,8-9,13,15-16H2,1-3H3/b17-10+/t22-,23+,25-,28-/m1/s1. The number of halogens is 1. The number of allylic oxidation sites excluding steroid dienone is 1. The number of amides is 2. The van der Waals surface area contributed by atoms with Crippen molar-refractivity contribution in [2.75, 3.05) is 25.7 Å². The fourth-order valence-electron chi connectivity index (χ4n) is 6.81. The molecule has 0 spiro atoms. The molecule has 2 heterocycles. The molecule has 2 aromatic rings. The third-order valence-electron chi connectivity index (χ3n) is 8.75. The summed E-state index contributed by atoms with van der Waals surface area (Å²) < 4.78 is 17.6. The Labute approximate surface area is 269 Å². The van der Waals surface area contributed by atoms with Gasteiger partial charge >= 0.3 is 7.12 Å².